The number of carbonyl (C=O) groups is 1. The minimum absolute atomic E-state index is 0.303. The maximum absolute atomic E-state index is 13.6. The van der Waals surface area contributed by atoms with Crippen LogP contribution >= 0.6 is 15.9 Å². The van der Waals surface area contributed by atoms with Crippen molar-refractivity contribution in [2.45, 2.75) is 23.8 Å². The van der Waals surface area contributed by atoms with Gasteiger partial charge in [-0.1, -0.05) is 15.9 Å². The van der Waals surface area contributed by atoms with E-state index in [1.165, 1.54) is 11.9 Å². The van der Waals surface area contributed by atoms with Crippen LogP contribution in [0.3, 0.4) is 0 Å². The van der Waals surface area contributed by atoms with Crippen molar-refractivity contribution in [1.29, 1.82) is 0 Å². The van der Waals surface area contributed by atoms with Crippen LogP contribution in [0, 0.1) is 11.7 Å². The lowest BCUT2D eigenvalue weighted by Crippen LogP contribution is -2.38. The van der Waals surface area contributed by atoms with E-state index in [-0.39, 0.29) is 0 Å². The maximum atomic E-state index is 13.6. The Morgan fingerprint density at radius 3 is 2.52 bits per heavy atom. The van der Waals surface area contributed by atoms with Crippen molar-refractivity contribution in [3.63, 3.8) is 0 Å². The molecule has 0 heterocycles. The zero-order valence-corrected chi connectivity index (χ0v) is 12.8. The van der Waals surface area contributed by atoms with E-state index >= 15 is 0 Å². The van der Waals surface area contributed by atoms with Gasteiger partial charge in [0.2, 0.25) is 0 Å². The van der Waals surface area contributed by atoms with Crippen molar-refractivity contribution in [2.75, 3.05) is 13.6 Å². The van der Waals surface area contributed by atoms with Gasteiger partial charge < -0.3 is 4.90 Å². The highest BCUT2D eigenvalue weighted by Crippen LogP contribution is 2.34. The van der Waals surface area contributed by atoms with Gasteiger partial charge in [0.05, 0.1) is 11.1 Å². The van der Waals surface area contributed by atoms with Gasteiger partial charge >= 0.3 is 6.18 Å². The third-order valence-electron chi connectivity index (χ3n) is 3.58. The molecule has 2 nitrogen and oxygen atoms in total. The molecule has 0 aromatic heterocycles. The highest BCUT2D eigenvalue weighted by atomic mass is 79.9. The van der Waals surface area contributed by atoms with Crippen molar-refractivity contribution >= 4 is 21.8 Å². The molecule has 116 valence electrons. The van der Waals surface area contributed by atoms with Crippen LogP contribution in [0.5, 0.6) is 0 Å². The number of alkyl halides is 4. The highest BCUT2D eigenvalue weighted by Gasteiger charge is 2.33. The summed E-state index contributed by atoms with van der Waals surface area (Å²) in [4.78, 5) is 13.8. The summed E-state index contributed by atoms with van der Waals surface area (Å²) in [5.74, 6) is -1.36. The normalized spacial score (nSPS) is 21.8. The van der Waals surface area contributed by atoms with Gasteiger partial charge in [-0.3, -0.25) is 4.79 Å². The van der Waals surface area contributed by atoms with E-state index < -0.39 is 29.0 Å². The van der Waals surface area contributed by atoms with E-state index in [1.807, 2.05) is 0 Å². The SMILES string of the molecule is CN(CC1CC(Br)C1)C(=O)c1cc(C(F)(F)F)ccc1F. The van der Waals surface area contributed by atoms with Gasteiger partial charge in [-0.05, 0) is 37.0 Å². The molecule has 0 saturated heterocycles. The van der Waals surface area contributed by atoms with Crippen molar-refractivity contribution in [1.82, 2.24) is 4.90 Å². The van der Waals surface area contributed by atoms with Gasteiger partial charge in [0.25, 0.3) is 5.91 Å². The molecule has 2 rings (SSSR count). The first kappa shape index (κ1) is 16.3. The largest absolute Gasteiger partial charge is 0.416 e. The minimum Gasteiger partial charge on any atom is -0.341 e. The van der Waals surface area contributed by atoms with Crippen LogP contribution in [0.4, 0.5) is 17.6 Å². The summed E-state index contributed by atoms with van der Waals surface area (Å²) >= 11 is 3.43. The van der Waals surface area contributed by atoms with Crippen molar-refractivity contribution < 1.29 is 22.4 Å². The summed E-state index contributed by atoms with van der Waals surface area (Å²) in [5.41, 5.74) is -1.56. The smallest absolute Gasteiger partial charge is 0.341 e. The summed E-state index contributed by atoms with van der Waals surface area (Å²) in [7, 11) is 1.48. The summed E-state index contributed by atoms with van der Waals surface area (Å²) in [6, 6.07) is 1.89. The molecule has 21 heavy (non-hydrogen) atoms. The second-order valence-corrected chi connectivity index (χ2v) is 6.61. The fraction of sp³-hybridized carbons (Fsp3) is 0.500. The topological polar surface area (TPSA) is 20.3 Å². The predicted octanol–water partition coefficient (Wildman–Crippen LogP) is 4.09. The average Bonchev–Trinajstić information content (AvgIpc) is 2.35. The van der Waals surface area contributed by atoms with Crippen LogP contribution in [0.2, 0.25) is 0 Å². The first-order valence-electron chi connectivity index (χ1n) is 6.44. The molecule has 0 radical (unpaired) electrons. The molecule has 0 spiro atoms. The third kappa shape index (κ3) is 3.75. The van der Waals surface area contributed by atoms with Crippen LogP contribution in [0.15, 0.2) is 18.2 Å². The summed E-state index contributed by atoms with van der Waals surface area (Å²) < 4.78 is 51.5. The van der Waals surface area contributed by atoms with Gasteiger partial charge in [-0.2, -0.15) is 13.2 Å². The number of hydrogen-bond acceptors (Lipinski definition) is 1. The van der Waals surface area contributed by atoms with E-state index in [0.717, 1.165) is 12.8 Å². The molecule has 7 heteroatoms. The Hall–Kier alpha value is -1.11. The summed E-state index contributed by atoms with van der Waals surface area (Å²) in [6.45, 7) is 0.413. The van der Waals surface area contributed by atoms with Crippen molar-refractivity contribution in [3.05, 3.63) is 35.1 Å². The standard InChI is InChI=1S/C14H14BrF4NO/c1-20(7-8-4-10(15)5-8)13(21)11-6-9(14(17,18)19)2-3-12(11)16/h2-3,6,8,10H,4-5,7H2,1H3. The Kier molecular flexibility index (Phi) is 4.60. The minimum atomic E-state index is -4.60. The zero-order valence-electron chi connectivity index (χ0n) is 11.3. The van der Waals surface area contributed by atoms with E-state index in [2.05, 4.69) is 15.9 Å². The zero-order chi connectivity index (χ0) is 15.8. The van der Waals surface area contributed by atoms with E-state index in [4.69, 9.17) is 0 Å². The predicted molar refractivity (Wildman–Crippen MR) is 73.8 cm³/mol. The van der Waals surface area contributed by atoms with Crippen LogP contribution in [0.25, 0.3) is 0 Å². The Labute approximate surface area is 128 Å². The quantitative estimate of drug-likeness (QED) is 0.582. The molecular weight excluding hydrogens is 354 g/mol. The first-order chi connectivity index (χ1) is 9.68. The molecule has 0 bridgehead atoms. The van der Waals surface area contributed by atoms with Gasteiger partial charge in [0.1, 0.15) is 5.82 Å². The summed E-state index contributed by atoms with van der Waals surface area (Å²) in [6.07, 6.45) is -2.79. The second-order valence-electron chi connectivity index (χ2n) is 5.31. The molecule has 1 amide bonds. The fourth-order valence-electron chi connectivity index (χ4n) is 2.34. The molecule has 0 N–H and O–H groups in total. The lowest BCUT2D eigenvalue weighted by molar-refractivity contribution is -0.137. The van der Waals surface area contributed by atoms with Crippen LogP contribution < -0.4 is 0 Å². The van der Waals surface area contributed by atoms with Gasteiger partial charge in [-0.15, -0.1) is 0 Å². The van der Waals surface area contributed by atoms with Crippen molar-refractivity contribution in [2.24, 2.45) is 5.92 Å². The Bertz CT molecular complexity index is 540. The van der Waals surface area contributed by atoms with Crippen LogP contribution in [0.1, 0.15) is 28.8 Å². The Balaban J connectivity index is 2.14. The molecule has 1 saturated carbocycles. The Morgan fingerprint density at radius 1 is 1.38 bits per heavy atom. The first-order valence-corrected chi connectivity index (χ1v) is 7.36. The molecule has 0 aliphatic heterocycles. The van der Waals surface area contributed by atoms with Crippen molar-refractivity contribution in [3.8, 4) is 0 Å². The highest BCUT2D eigenvalue weighted by molar-refractivity contribution is 9.09. The Morgan fingerprint density at radius 2 is 2.00 bits per heavy atom. The third-order valence-corrected chi connectivity index (χ3v) is 4.33. The molecule has 1 aliphatic carbocycles. The number of benzene rings is 1. The molecular formula is C14H14BrF4NO. The molecule has 1 fully saturated rings. The van der Waals surface area contributed by atoms with Gasteiger partial charge in [-0.25, -0.2) is 4.39 Å². The second kappa shape index (κ2) is 5.94. The lowest BCUT2D eigenvalue weighted by Gasteiger charge is -2.34. The molecule has 1 aromatic carbocycles. The number of amides is 1. The number of carbonyl (C=O) groups excluding carboxylic acids is 1. The van der Waals surface area contributed by atoms with Crippen LogP contribution in [-0.2, 0) is 6.18 Å². The van der Waals surface area contributed by atoms with Crippen LogP contribution in [-0.4, -0.2) is 29.2 Å². The van der Waals surface area contributed by atoms with E-state index in [0.29, 0.717) is 35.5 Å². The fourth-order valence-corrected chi connectivity index (χ4v) is 3.40. The molecule has 0 unspecified atom stereocenters. The maximum Gasteiger partial charge on any atom is 0.416 e. The molecule has 1 aromatic rings. The number of hydrogen-bond donors (Lipinski definition) is 0. The van der Waals surface area contributed by atoms with E-state index in [9.17, 15) is 22.4 Å². The monoisotopic (exact) mass is 367 g/mol. The average molecular weight is 368 g/mol. The molecule has 1 aliphatic rings. The van der Waals surface area contributed by atoms with E-state index in [1.54, 1.807) is 0 Å². The lowest BCUT2D eigenvalue weighted by atomic mass is 9.85. The molecule has 0 atom stereocenters. The van der Waals surface area contributed by atoms with Gasteiger partial charge in [0, 0.05) is 18.4 Å². The number of halogens is 5. The number of rotatable bonds is 3. The number of nitrogens with zero attached hydrogens (tertiary/aromatic N) is 1. The van der Waals surface area contributed by atoms with Gasteiger partial charge in [0.15, 0.2) is 0 Å². The summed E-state index contributed by atoms with van der Waals surface area (Å²) in [5, 5.41) is 0.